The van der Waals surface area contributed by atoms with Crippen LogP contribution in [-0.4, -0.2) is 19.6 Å². The van der Waals surface area contributed by atoms with Crippen LogP contribution in [-0.2, 0) is 13.6 Å². The van der Waals surface area contributed by atoms with Crippen molar-refractivity contribution in [3.05, 3.63) is 33.8 Å². The Morgan fingerprint density at radius 1 is 1.53 bits per heavy atom. The molecule has 1 unspecified atom stereocenters. The fourth-order valence-electron chi connectivity index (χ4n) is 2.00. The van der Waals surface area contributed by atoms with E-state index in [0.717, 1.165) is 28.0 Å². The minimum absolute atomic E-state index is 0.208. The van der Waals surface area contributed by atoms with E-state index in [1.165, 1.54) is 0 Å². The highest BCUT2D eigenvalue weighted by Crippen LogP contribution is 2.27. The summed E-state index contributed by atoms with van der Waals surface area (Å²) >= 11 is 3.50. The van der Waals surface area contributed by atoms with Crippen molar-refractivity contribution in [1.82, 2.24) is 19.6 Å². The first-order valence-electron chi connectivity index (χ1n) is 5.51. The molecular weight excluding hydrogens is 282 g/mol. The number of aryl methyl sites for hydroxylation is 3. The van der Waals surface area contributed by atoms with Crippen molar-refractivity contribution >= 4 is 15.9 Å². The molecule has 2 rings (SSSR count). The molecule has 1 atom stereocenters. The first kappa shape index (κ1) is 12.3. The lowest BCUT2D eigenvalue weighted by Crippen LogP contribution is -2.18. The van der Waals surface area contributed by atoms with Crippen LogP contribution in [0.15, 0.2) is 16.9 Å². The number of hydrogen-bond donors (Lipinski definition) is 1. The highest BCUT2D eigenvalue weighted by molar-refractivity contribution is 9.10. The van der Waals surface area contributed by atoms with Crippen molar-refractivity contribution in [3.8, 4) is 0 Å². The van der Waals surface area contributed by atoms with Crippen LogP contribution in [0.4, 0.5) is 0 Å². The largest absolute Gasteiger partial charge is 0.319 e. The van der Waals surface area contributed by atoms with Gasteiger partial charge in [0.25, 0.3) is 0 Å². The lowest BCUT2D eigenvalue weighted by Gasteiger charge is -2.13. The topological polar surface area (TPSA) is 61.7 Å². The molecule has 5 nitrogen and oxygen atoms in total. The molecule has 2 aromatic heterocycles. The fraction of sp³-hybridized carbons (Fsp3) is 0.455. The van der Waals surface area contributed by atoms with Gasteiger partial charge in [-0.25, -0.2) is 0 Å². The Labute approximate surface area is 109 Å². The Morgan fingerprint density at radius 2 is 2.24 bits per heavy atom. The van der Waals surface area contributed by atoms with Crippen molar-refractivity contribution in [2.24, 2.45) is 12.8 Å². The quantitative estimate of drug-likeness (QED) is 0.939. The van der Waals surface area contributed by atoms with E-state index in [2.05, 4.69) is 26.1 Å². The van der Waals surface area contributed by atoms with Crippen LogP contribution in [0.1, 0.15) is 29.9 Å². The Balaban J connectivity index is 2.46. The number of nitrogens with two attached hydrogens (primary N) is 1. The molecule has 0 aromatic carbocycles. The van der Waals surface area contributed by atoms with E-state index >= 15 is 0 Å². The first-order chi connectivity index (χ1) is 8.04. The molecule has 0 amide bonds. The summed E-state index contributed by atoms with van der Waals surface area (Å²) in [7, 11) is 1.90. The average molecular weight is 298 g/mol. The van der Waals surface area contributed by atoms with Gasteiger partial charge in [0.15, 0.2) is 0 Å². The summed E-state index contributed by atoms with van der Waals surface area (Å²) in [6.45, 7) is 4.81. The molecule has 17 heavy (non-hydrogen) atoms. The predicted molar refractivity (Wildman–Crippen MR) is 69.6 cm³/mol. The van der Waals surface area contributed by atoms with Gasteiger partial charge in [0, 0.05) is 25.4 Å². The second-order valence-electron chi connectivity index (χ2n) is 4.01. The van der Waals surface area contributed by atoms with E-state index in [9.17, 15) is 0 Å². The Kier molecular flexibility index (Phi) is 3.35. The van der Waals surface area contributed by atoms with Crippen molar-refractivity contribution in [3.63, 3.8) is 0 Å². The van der Waals surface area contributed by atoms with Crippen LogP contribution in [0.3, 0.4) is 0 Å². The molecule has 0 radical (unpaired) electrons. The maximum Gasteiger partial charge on any atom is 0.0768 e. The summed E-state index contributed by atoms with van der Waals surface area (Å²) in [6, 6.07) is -0.208. The van der Waals surface area contributed by atoms with E-state index in [1.54, 1.807) is 10.9 Å². The molecule has 0 saturated heterocycles. The van der Waals surface area contributed by atoms with E-state index in [-0.39, 0.29) is 6.04 Å². The molecule has 0 bridgehead atoms. The summed E-state index contributed by atoms with van der Waals surface area (Å²) in [4.78, 5) is 0. The maximum atomic E-state index is 6.31. The van der Waals surface area contributed by atoms with Gasteiger partial charge in [0.2, 0.25) is 0 Å². The third kappa shape index (κ3) is 2.14. The minimum atomic E-state index is -0.208. The van der Waals surface area contributed by atoms with Crippen LogP contribution in [0, 0.1) is 6.92 Å². The van der Waals surface area contributed by atoms with Crippen LogP contribution in [0.5, 0.6) is 0 Å². The summed E-state index contributed by atoms with van der Waals surface area (Å²) < 4.78 is 4.63. The molecule has 0 fully saturated rings. The molecule has 0 aliphatic heterocycles. The second kappa shape index (κ2) is 4.62. The van der Waals surface area contributed by atoms with Crippen LogP contribution < -0.4 is 5.73 Å². The Morgan fingerprint density at radius 3 is 2.76 bits per heavy atom. The molecule has 2 N–H and O–H groups in total. The highest BCUT2D eigenvalue weighted by Gasteiger charge is 2.20. The van der Waals surface area contributed by atoms with Gasteiger partial charge in [-0.15, -0.1) is 0 Å². The van der Waals surface area contributed by atoms with Gasteiger partial charge in [0.1, 0.15) is 0 Å². The van der Waals surface area contributed by atoms with E-state index in [4.69, 9.17) is 5.73 Å². The summed E-state index contributed by atoms with van der Waals surface area (Å²) in [6.07, 6.45) is 3.74. The van der Waals surface area contributed by atoms with E-state index < -0.39 is 0 Å². The molecule has 92 valence electrons. The first-order valence-corrected chi connectivity index (χ1v) is 6.30. The van der Waals surface area contributed by atoms with Gasteiger partial charge in [-0.2, -0.15) is 10.2 Å². The predicted octanol–water partition coefficient (Wildman–Crippen LogP) is 1.76. The van der Waals surface area contributed by atoms with Crippen molar-refractivity contribution in [2.45, 2.75) is 26.4 Å². The SMILES string of the molecule is CCn1ncc(Br)c1C(N)c1cn(C)nc1C. The van der Waals surface area contributed by atoms with Crippen LogP contribution in [0.2, 0.25) is 0 Å². The van der Waals surface area contributed by atoms with E-state index in [1.807, 2.05) is 31.8 Å². The number of rotatable bonds is 3. The van der Waals surface area contributed by atoms with Crippen molar-refractivity contribution in [1.29, 1.82) is 0 Å². The molecule has 0 aliphatic carbocycles. The zero-order valence-corrected chi connectivity index (χ0v) is 11.8. The Bertz CT molecular complexity index is 528. The van der Waals surface area contributed by atoms with Gasteiger partial charge in [-0.05, 0) is 29.8 Å². The lowest BCUT2D eigenvalue weighted by molar-refractivity contribution is 0.598. The number of hydrogen-bond acceptors (Lipinski definition) is 3. The summed E-state index contributed by atoms with van der Waals surface area (Å²) in [5.74, 6) is 0. The molecule has 0 saturated carbocycles. The van der Waals surface area contributed by atoms with Gasteiger partial charge in [-0.1, -0.05) is 0 Å². The maximum absolute atomic E-state index is 6.31. The van der Waals surface area contributed by atoms with Crippen LogP contribution >= 0.6 is 15.9 Å². The third-order valence-corrected chi connectivity index (χ3v) is 3.42. The second-order valence-corrected chi connectivity index (χ2v) is 4.87. The monoisotopic (exact) mass is 297 g/mol. The zero-order valence-electron chi connectivity index (χ0n) is 10.2. The van der Waals surface area contributed by atoms with Crippen molar-refractivity contribution < 1.29 is 0 Å². The molecule has 6 heteroatoms. The van der Waals surface area contributed by atoms with Gasteiger partial charge in [-0.3, -0.25) is 9.36 Å². The lowest BCUT2D eigenvalue weighted by atomic mass is 10.1. The van der Waals surface area contributed by atoms with Gasteiger partial charge < -0.3 is 5.73 Å². The molecule has 0 aliphatic rings. The standard InChI is InChI=1S/C11H16BrN5/c1-4-17-11(9(12)5-14-17)10(13)8-6-16(3)15-7(8)2/h5-6,10H,4,13H2,1-3H3. The number of aromatic nitrogens is 4. The molecule has 0 spiro atoms. The minimum Gasteiger partial charge on any atom is -0.319 e. The summed E-state index contributed by atoms with van der Waals surface area (Å²) in [5, 5.41) is 8.60. The van der Waals surface area contributed by atoms with E-state index in [0.29, 0.717) is 0 Å². The fourth-order valence-corrected chi connectivity index (χ4v) is 2.55. The number of halogens is 1. The third-order valence-electron chi connectivity index (χ3n) is 2.81. The zero-order chi connectivity index (χ0) is 12.6. The molecule has 2 heterocycles. The van der Waals surface area contributed by atoms with Crippen molar-refractivity contribution in [2.75, 3.05) is 0 Å². The Hall–Kier alpha value is -1.14. The highest BCUT2D eigenvalue weighted by atomic mass is 79.9. The molecule has 2 aromatic rings. The molecular formula is C11H16BrN5. The van der Waals surface area contributed by atoms with Gasteiger partial charge >= 0.3 is 0 Å². The van der Waals surface area contributed by atoms with Crippen LogP contribution in [0.25, 0.3) is 0 Å². The smallest absolute Gasteiger partial charge is 0.0768 e. The number of nitrogens with zero attached hydrogens (tertiary/aromatic N) is 4. The summed E-state index contributed by atoms with van der Waals surface area (Å²) in [5.41, 5.74) is 9.28. The normalized spacial score (nSPS) is 13.0. The average Bonchev–Trinajstić information content (AvgIpc) is 2.80. The van der Waals surface area contributed by atoms with Gasteiger partial charge in [0.05, 0.1) is 28.1 Å².